The Kier molecular flexibility index (Phi) is 3.85. The number of anilines is 1. The van der Waals surface area contributed by atoms with Gasteiger partial charge in [0.1, 0.15) is 23.6 Å². The van der Waals surface area contributed by atoms with Gasteiger partial charge < -0.3 is 10.5 Å². The normalized spacial score (nSPS) is 10.6. The molecule has 0 radical (unpaired) electrons. The second-order valence-corrected chi connectivity index (χ2v) is 5.33. The molecular formula is C17H17N5O. The number of benzene rings is 1. The van der Waals surface area contributed by atoms with Gasteiger partial charge in [0.25, 0.3) is 0 Å². The predicted molar refractivity (Wildman–Crippen MR) is 89.1 cm³/mol. The van der Waals surface area contributed by atoms with E-state index in [0.717, 1.165) is 11.3 Å². The van der Waals surface area contributed by atoms with E-state index in [4.69, 9.17) is 10.5 Å². The van der Waals surface area contributed by atoms with Crippen LogP contribution >= 0.6 is 0 Å². The van der Waals surface area contributed by atoms with Crippen LogP contribution in [0.3, 0.4) is 0 Å². The Labute approximate surface area is 134 Å². The number of nitrogens with two attached hydrogens (primary N) is 1. The molecule has 0 aliphatic carbocycles. The van der Waals surface area contributed by atoms with E-state index in [1.54, 1.807) is 7.11 Å². The van der Waals surface area contributed by atoms with Crippen LogP contribution in [0.4, 0.5) is 5.82 Å². The molecule has 2 N–H and O–H groups in total. The van der Waals surface area contributed by atoms with Gasteiger partial charge in [-0.05, 0) is 38.0 Å². The molecular weight excluding hydrogens is 290 g/mol. The number of aromatic nitrogens is 4. The minimum Gasteiger partial charge on any atom is -0.497 e. The molecule has 0 aliphatic rings. The Balaban J connectivity index is 2.12. The van der Waals surface area contributed by atoms with Crippen molar-refractivity contribution >= 4 is 16.9 Å². The van der Waals surface area contributed by atoms with Crippen LogP contribution in [-0.4, -0.2) is 26.9 Å². The molecule has 0 amide bonds. The highest BCUT2D eigenvalue weighted by Gasteiger charge is 2.15. The van der Waals surface area contributed by atoms with Gasteiger partial charge in [0.2, 0.25) is 0 Å². The van der Waals surface area contributed by atoms with Gasteiger partial charge in [-0.2, -0.15) is 5.10 Å². The van der Waals surface area contributed by atoms with Gasteiger partial charge in [-0.3, -0.25) is 0 Å². The summed E-state index contributed by atoms with van der Waals surface area (Å²) in [5.41, 5.74) is 8.11. The van der Waals surface area contributed by atoms with Crippen molar-refractivity contribution in [3.63, 3.8) is 0 Å². The predicted octanol–water partition coefficient (Wildman–Crippen LogP) is 2.40. The van der Waals surface area contributed by atoms with Crippen molar-refractivity contribution in [2.45, 2.75) is 19.9 Å². The lowest BCUT2D eigenvalue weighted by molar-refractivity contribution is 0.414. The Morgan fingerprint density at radius 1 is 1.22 bits per heavy atom. The summed E-state index contributed by atoms with van der Waals surface area (Å²) in [5.74, 6) is 7.31. The maximum Gasteiger partial charge on any atom is 0.164 e. The van der Waals surface area contributed by atoms with Gasteiger partial charge >= 0.3 is 0 Å². The first-order valence-corrected chi connectivity index (χ1v) is 7.25. The Morgan fingerprint density at radius 2 is 2.04 bits per heavy atom. The molecule has 0 aliphatic heterocycles. The van der Waals surface area contributed by atoms with Crippen LogP contribution in [0.1, 0.15) is 31.1 Å². The van der Waals surface area contributed by atoms with Crippen molar-refractivity contribution < 1.29 is 4.74 Å². The van der Waals surface area contributed by atoms with Gasteiger partial charge in [-0.15, -0.1) is 0 Å². The van der Waals surface area contributed by atoms with Gasteiger partial charge in [0.05, 0.1) is 12.5 Å². The molecule has 3 rings (SSSR count). The van der Waals surface area contributed by atoms with E-state index >= 15 is 0 Å². The lowest BCUT2D eigenvalue weighted by atomic mass is 10.2. The van der Waals surface area contributed by atoms with Gasteiger partial charge in [-0.25, -0.2) is 14.6 Å². The van der Waals surface area contributed by atoms with Gasteiger partial charge in [0, 0.05) is 11.6 Å². The summed E-state index contributed by atoms with van der Waals surface area (Å²) in [4.78, 5) is 8.34. The summed E-state index contributed by atoms with van der Waals surface area (Å²) in [6.07, 6.45) is 1.44. The van der Waals surface area contributed by atoms with Crippen LogP contribution in [0, 0.1) is 11.8 Å². The molecule has 0 spiro atoms. The number of ether oxygens (including phenoxy) is 1. The number of hydrogen-bond acceptors (Lipinski definition) is 5. The molecule has 1 aromatic carbocycles. The number of hydrogen-bond donors (Lipinski definition) is 1. The monoisotopic (exact) mass is 307 g/mol. The largest absolute Gasteiger partial charge is 0.497 e. The first-order chi connectivity index (χ1) is 11.1. The lowest BCUT2D eigenvalue weighted by Gasteiger charge is -2.05. The molecule has 116 valence electrons. The maximum absolute atomic E-state index is 5.99. The lowest BCUT2D eigenvalue weighted by Crippen LogP contribution is -2.04. The van der Waals surface area contributed by atoms with E-state index in [-0.39, 0.29) is 6.04 Å². The molecule has 2 heterocycles. The van der Waals surface area contributed by atoms with Crippen molar-refractivity contribution in [3.8, 4) is 17.6 Å². The topological polar surface area (TPSA) is 78.8 Å². The minimum absolute atomic E-state index is 0.152. The second-order valence-electron chi connectivity index (χ2n) is 5.33. The molecule has 0 bridgehead atoms. The average Bonchev–Trinajstić information content (AvgIpc) is 2.93. The third-order valence-corrected chi connectivity index (χ3v) is 3.40. The SMILES string of the molecule is COc1cccc(C#Cc2nn(C(C)C)c3ncnc(N)c23)c1. The van der Waals surface area contributed by atoms with Crippen LogP contribution in [0.25, 0.3) is 11.0 Å². The van der Waals surface area contributed by atoms with Crippen molar-refractivity contribution in [1.29, 1.82) is 0 Å². The Bertz CT molecular complexity index is 918. The van der Waals surface area contributed by atoms with Crippen LogP contribution in [0.2, 0.25) is 0 Å². The summed E-state index contributed by atoms with van der Waals surface area (Å²) < 4.78 is 7.01. The number of methoxy groups -OCH3 is 1. The molecule has 0 saturated carbocycles. The van der Waals surface area contributed by atoms with Crippen LogP contribution in [-0.2, 0) is 0 Å². The molecule has 23 heavy (non-hydrogen) atoms. The highest BCUT2D eigenvalue weighted by atomic mass is 16.5. The first kappa shape index (κ1) is 14.9. The number of rotatable bonds is 2. The van der Waals surface area contributed by atoms with Gasteiger partial charge in [-0.1, -0.05) is 12.0 Å². The van der Waals surface area contributed by atoms with E-state index in [0.29, 0.717) is 22.5 Å². The van der Waals surface area contributed by atoms with Crippen LogP contribution in [0.5, 0.6) is 5.75 Å². The minimum atomic E-state index is 0.152. The number of fused-ring (bicyclic) bond motifs is 1. The Morgan fingerprint density at radius 3 is 2.78 bits per heavy atom. The zero-order valence-electron chi connectivity index (χ0n) is 13.2. The summed E-state index contributed by atoms with van der Waals surface area (Å²) >= 11 is 0. The fourth-order valence-electron chi connectivity index (χ4n) is 2.28. The van der Waals surface area contributed by atoms with E-state index < -0.39 is 0 Å². The smallest absolute Gasteiger partial charge is 0.164 e. The third kappa shape index (κ3) is 2.81. The van der Waals surface area contributed by atoms with Gasteiger partial charge in [0.15, 0.2) is 5.65 Å². The molecule has 0 saturated heterocycles. The molecule has 0 fully saturated rings. The molecule has 6 heteroatoms. The fourth-order valence-corrected chi connectivity index (χ4v) is 2.28. The zero-order chi connectivity index (χ0) is 16.4. The molecule has 6 nitrogen and oxygen atoms in total. The van der Waals surface area contributed by atoms with E-state index in [1.165, 1.54) is 6.33 Å². The van der Waals surface area contributed by atoms with Crippen molar-refractivity contribution in [2.75, 3.05) is 12.8 Å². The zero-order valence-corrected chi connectivity index (χ0v) is 13.2. The Hall–Kier alpha value is -3.07. The van der Waals surface area contributed by atoms with E-state index in [2.05, 4.69) is 26.9 Å². The van der Waals surface area contributed by atoms with Crippen molar-refractivity contribution in [3.05, 3.63) is 41.9 Å². The summed E-state index contributed by atoms with van der Waals surface area (Å²) in [7, 11) is 1.63. The molecule has 0 atom stereocenters. The fraction of sp³-hybridized carbons (Fsp3) is 0.235. The summed E-state index contributed by atoms with van der Waals surface area (Å²) in [5, 5.41) is 5.23. The summed E-state index contributed by atoms with van der Waals surface area (Å²) in [6.45, 7) is 4.06. The highest BCUT2D eigenvalue weighted by Crippen LogP contribution is 2.23. The van der Waals surface area contributed by atoms with Crippen LogP contribution in [0.15, 0.2) is 30.6 Å². The van der Waals surface area contributed by atoms with E-state index in [9.17, 15) is 0 Å². The third-order valence-electron chi connectivity index (χ3n) is 3.40. The summed E-state index contributed by atoms with van der Waals surface area (Å²) in [6, 6.07) is 7.70. The molecule has 0 unspecified atom stereocenters. The van der Waals surface area contributed by atoms with Crippen molar-refractivity contribution in [1.82, 2.24) is 19.7 Å². The first-order valence-electron chi connectivity index (χ1n) is 7.25. The molecule has 3 aromatic rings. The highest BCUT2D eigenvalue weighted by molar-refractivity contribution is 5.90. The van der Waals surface area contributed by atoms with E-state index in [1.807, 2.05) is 42.8 Å². The number of nitrogens with zero attached hydrogens (tertiary/aromatic N) is 4. The van der Waals surface area contributed by atoms with Crippen LogP contribution < -0.4 is 10.5 Å². The molecule has 2 aromatic heterocycles. The van der Waals surface area contributed by atoms with Crippen molar-refractivity contribution in [2.24, 2.45) is 0 Å². The maximum atomic E-state index is 5.99. The number of nitrogen functional groups attached to an aromatic ring is 1. The average molecular weight is 307 g/mol. The standard InChI is InChI=1S/C17H17N5O/c1-11(2)22-17-15(16(18)19-10-20-17)14(21-22)8-7-12-5-4-6-13(9-12)23-3/h4-6,9-11H,1-3H3,(H2,18,19,20). The second kappa shape index (κ2) is 5.97. The quantitative estimate of drug-likeness (QED) is 0.735.